The largest absolute Gasteiger partial charge is 1.00 e. The molecule has 0 aliphatic heterocycles. The minimum absolute atomic E-state index is 0. The van der Waals surface area contributed by atoms with Gasteiger partial charge in [-0.15, -0.1) is 0 Å². The molecule has 1 heterocycles. The van der Waals surface area contributed by atoms with Gasteiger partial charge in [-0.2, -0.15) is 0 Å². The van der Waals surface area contributed by atoms with Gasteiger partial charge in [0.25, 0.3) is 0 Å². The van der Waals surface area contributed by atoms with Crippen LogP contribution in [0.3, 0.4) is 0 Å². The van der Waals surface area contributed by atoms with Gasteiger partial charge in [-0.3, -0.25) is 0 Å². The smallest absolute Gasteiger partial charge is 0.857 e. The van der Waals surface area contributed by atoms with E-state index in [0.29, 0.717) is 0 Å². The molecule has 0 aromatic carbocycles. The SMILES string of the molecule is Nc1c(Cl)c([O-])nc(Cl)c1Cl.[K+]. The van der Waals surface area contributed by atoms with Crippen LogP contribution in [0.15, 0.2) is 0 Å². The van der Waals surface area contributed by atoms with Gasteiger partial charge in [-0.05, 0) is 0 Å². The maximum Gasteiger partial charge on any atom is 1.00 e. The van der Waals surface area contributed by atoms with Crippen LogP contribution >= 0.6 is 34.8 Å². The third-order valence-electron chi connectivity index (χ3n) is 1.04. The summed E-state index contributed by atoms with van der Waals surface area (Å²) in [6.07, 6.45) is 0. The van der Waals surface area contributed by atoms with Gasteiger partial charge in [-0.25, -0.2) is 4.98 Å². The average Bonchev–Trinajstić information content (AvgIpc) is 1.97. The number of hydrogen-bond donors (Lipinski definition) is 1. The molecule has 0 unspecified atom stereocenters. The molecule has 60 valence electrons. The molecule has 2 N–H and O–H groups in total. The van der Waals surface area contributed by atoms with Crippen LogP contribution in [-0.4, -0.2) is 4.98 Å². The molecule has 0 aliphatic carbocycles. The van der Waals surface area contributed by atoms with Crippen molar-refractivity contribution >= 4 is 40.5 Å². The Balaban J connectivity index is 0.00000121. The minimum Gasteiger partial charge on any atom is -0.857 e. The Morgan fingerprint density at radius 2 is 1.67 bits per heavy atom. The molecule has 12 heavy (non-hydrogen) atoms. The fourth-order valence-electron chi connectivity index (χ4n) is 0.510. The first-order chi connectivity index (χ1) is 5.04. The zero-order chi connectivity index (χ0) is 8.59. The van der Waals surface area contributed by atoms with E-state index in [1.165, 1.54) is 0 Å². The summed E-state index contributed by atoms with van der Waals surface area (Å²) >= 11 is 16.3. The monoisotopic (exact) mass is 250 g/mol. The molecule has 0 saturated heterocycles. The Hall–Kier alpha value is 1.26. The predicted molar refractivity (Wildman–Crippen MR) is 43.1 cm³/mol. The van der Waals surface area contributed by atoms with Crippen LogP contribution in [0.2, 0.25) is 15.2 Å². The standard InChI is InChI=1S/C5H3Cl3N2O.K/c6-1-3(9)2(7)5(11)10-4(1)8;/h(H3,9,10,11);/q;+1/p-1. The van der Waals surface area contributed by atoms with Crippen molar-refractivity contribution < 1.29 is 56.5 Å². The molecule has 0 amide bonds. The van der Waals surface area contributed by atoms with Crippen molar-refractivity contribution in [1.29, 1.82) is 0 Å². The Morgan fingerprint density at radius 3 is 2.17 bits per heavy atom. The molecule has 0 atom stereocenters. The molecule has 0 bridgehead atoms. The molecule has 3 nitrogen and oxygen atoms in total. The van der Waals surface area contributed by atoms with E-state index in [0.717, 1.165) is 0 Å². The fraction of sp³-hybridized carbons (Fsp3) is 0. The van der Waals surface area contributed by atoms with Crippen LogP contribution < -0.4 is 62.2 Å². The van der Waals surface area contributed by atoms with Gasteiger partial charge < -0.3 is 10.8 Å². The first kappa shape index (κ1) is 13.3. The van der Waals surface area contributed by atoms with Gasteiger partial charge in [0.15, 0.2) is 0 Å². The van der Waals surface area contributed by atoms with Gasteiger partial charge in [0.05, 0.1) is 10.7 Å². The molecule has 0 aliphatic rings. The zero-order valence-electron chi connectivity index (χ0n) is 6.07. The Bertz CT molecular complexity index is 281. The summed E-state index contributed by atoms with van der Waals surface area (Å²) in [5, 5.41) is 10.4. The topological polar surface area (TPSA) is 62.0 Å². The number of nitrogens with two attached hydrogens (primary N) is 1. The van der Waals surface area contributed by atoms with E-state index >= 15 is 0 Å². The molecular weight excluding hydrogens is 250 g/mol. The number of pyridine rings is 1. The second-order valence-electron chi connectivity index (χ2n) is 1.75. The normalized spacial score (nSPS) is 9.25. The molecule has 1 aromatic rings. The Kier molecular flexibility index (Phi) is 5.76. The number of anilines is 1. The summed E-state index contributed by atoms with van der Waals surface area (Å²) in [6.45, 7) is 0. The predicted octanol–water partition coefficient (Wildman–Crippen LogP) is -1.30. The van der Waals surface area contributed by atoms with Crippen molar-refractivity contribution in [1.82, 2.24) is 4.98 Å². The second-order valence-corrected chi connectivity index (χ2v) is 2.86. The number of nitrogen functional groups attached to an aromatic ring is 1. The first-order valence-electron chi connectivity index (χ1n) is 2.51. The van der Waals surface area contributed by atoms with E-state index < -0.39 is 5.88 Å². The van der Waals surface area contributed by atoms with Gasteiger partial charge in [0.2, 0.25) is 0 Å². The molecular formula is C5H2Cl3KN2O. The minimum atomic E-state index is -0.668. The van der Waals surface area contributed by atoms with Crippen LogP contribution in [0.5, 0.6) is 5.88 Å². The zero-order valence-corrected chi connectivity index (χ0v) is 11.5. The van der Waals surface area contributed by atoms with Crippen LogP contribution in [0.4, 0.5) is 5.69 Å². The molecule has 0 radical (unpaired) electrons. The number of rotatable bonds is 0. The van der Waals surface area contributed by atoms with E-state index in [2.05, 4.69) is 4.98 Å². The van der Waals surface area contributed by atoms with E-state index in [4.69, 9.17) is 40.5 Å². The van der Waals surface area contributed by atoms with Crippen molar-refractivity contribution in [2.24, 2.45) is 0 Å². The summed E-state index contributed by atoms with van der Waals surface area (Å²) in [7, 11) is 0. The maximum atomic E-state index is 10.7. The van der Waals surface area contributed by atoms with Gasteiger partial charge >= 0.3 is 51.4 Å². The molecule has 0 spiro atoms. The third kappa shape index (κ3) is 2.62. The third-order valence-corrected chi connectivity index (χ3v) is 2.16. The van der Waals surface area contributed by atoms with E-state index in [-0.39, 0.29) is 72.3 Å². The van der Waals surface area contributed by atoms with Crippen LogP contribution in [0.1, 0.15) is 0 Å². The molecule has 0 fully saturated rings. The van der Waals surface area contributed by atoms with Crippen LogP contribution in [0, 0.1) is 0 Å². The van der Waals surface area contributed by atoms with Crippen molar-refractivity contribution in [2.75, 3.05) is 5.73 Å². The number of nitrogens with zero attached hydrogens (tertiary/aromatic N) is 1. The Labute approximate surface area is 127 Å². The van der Waals surface area contributed by atoms with E-state index in [1.807, 2.05) is 0 Å². The molecule has 1 rings (SSSR count). The van der Waals surface area contributed by atoms with Crippen molar-refractivity contribution in [3.05, 3.63) is 15.2 Å². The van der Waals surface area contributed by atoms with Crippen LogP contribution in [0.25, 0.3) is 0 Å². The summed E-state index contributed by atoms with van der Waals surface area (Å²) in [5.74, 6) is -0.668. The molecule has 1 aromatic heterocycles. The number of halogens is 3. The molecule has 0 saturated carbocycles. The summed E-state index contributed by atoms with van der Waals surface area (Å²) in [4.78, 5) is 3.30. The number of aromatic nitrogens is 1. The first-order valence-corrected chi connectivity index (χ1v) is 3.64. The number of hydrogen-bond acceptors (Lipinski definition) is 3. The van der Waals surface area contributed by atoms with Gasteiger partial charge in [0.1, 0.15) is 10.2 Å². The quantitative estimate of drug-likeness (QED) is 0.461. The molecule has 7 heteroatoms. The van der Waals surface area contributed by atoms with Gasteiger partial charge in [0, 0.05) is 5.88 Å². The maximum absolute atomic E-state index is 10.7. The van der Waals surface area contributed by atoms with E-state index in [9.17, 15) is 5.11 Å². The van der Waals surface area contributed by atoms with Crippen LogP contribution in [-0.2, 0) is 0 Å². The van der Waals surface area contributed by atoms with Crippen molar-refractivity contribution in [2.45, 2.75) is 0 Å². The second kappa shape index (κ2) is 5.22. The van der Waals surface area contributed by atoms with Gasteiger partial charge in [-0.1, -0.05) is 34.8 Å². The van der Waals surface area contributed by atoms with E-state index in [1.54, 1.807) is 0 Å². The van der Waals surface area contributed by atoms with Crippen molar-refractivity contribution in [3.63, 3.8) is 0 Å². The summed E-state index contributed by atoms with van der Waals surface area (Å²) in [6, 6.07) is 0. The fourth-order valence-corrected chi connectivity index (χ4v) is 1.01. The summed E-state index contributed by atoms with van der Waals surface area (Å²) < 4.78 is 0. The Morgan fingerprint density at radius 1 is 1.17 bits per heavy atom. The average molecular weight is 252 g/mol. The van der Waals surface area contributed by atoms with Crippen molar-refractivity contribution in [3.8, 4) is 5.88 Å². The summed E-state index contributed by atoms with van der Waals surface area (Å²) in [5.41, 5.74) is 5.27.